The van der Waals surface area contributed by atoms with Crippen molar-refractivity contribution in [3.63, 3.8) is 0 Å². The SMILES string of the molecule is Cc1cccc(-c2n[nH]c(C(C)C)n2)c1. The second-order valence-electron chi connectivity index (χ2n) is 4.07. The van der Waals surface area contributed by atoms with Gasteiger partial charge in [-0.15, -0.1) is 0 Å². The van der Waals surface area contributed by atoms with Crippen LogP contribution in [0.15, 0.2) is 24.3 Å². The van der Waals surface area contributed by atoms with Gasteiger partial charge in [0.1, 0.15) is 5.82 Å². The fraction of sp³-hybridized carbons (Fsp3) is 0.333. The Morgan fingerprint density at radius 2 is 2.07 bits per heavy atom. The third kappa shape index (κ3) is 2.06. The highest BCUT2D eigenvalue weighted by atomic mass is 15.2. The lowest BCUT2D eigenvalue weighted by atomic mass is 10.1. The van der Waals surface area contributed by atoms with E-state index in [1.54, 1.807) is 0 Å². The number of aromatic nitrogens is 3. The highest BCUT2D eigenvalue weighted by molar-refractivity contribution is 5.55. The maximum Gasteiger partial charge on any atom is 0.181 e. The van der Waals surface area contributed by atoms with Gasteiger partial charge >= 0.3 is 0 Å². The number of aryl methyl sites for hydroxylation is 1. The minimum atomic E-state index is 0.385. The van der Waals surface area contributed by atoms with E-state index in [0.29, 0.717) is 5.92 Å². The van der Waals surface area contributed by atoms with Crippen molar-refractivity contribution < 1.29 is 0 Å². The van der Waals surface area contributed by atoms with Crippen molar-refractivity contribution in [2.45, 2.75) is 26.7 Å². The molecule has 78 valence electrons. The molecule has 0 spiro atoms. The Labute approximate surface area is 89.6 Å². The van der Waals surface area contributed by atoms with Crippen LogP contribution in [0.4, 0.5) is 0 Å². The van der Waals surface area contributed by atoms with E-state index in [9.17, 15) is 0 Å². The number of rotatable bonds is 2. The third-order valence-electron chi connectivity index (χ3n) is 2.33. The summed E-state index contributed by atoms with van der Waals surface area (Å²) in [6.45, 7) is 6.26. The molecule has 0 unspecified atom stereocenters. The molecule has 1 heterocycles. The Morgan fingerprint density at radius 1 is 1.27 bits per heavy atom. The Balaban J connectivity index is 2.37. The number of hydrogen-bond donors (Lipinski definition) is 1. The standard InChI is InChI=1S/C12H15N3/c1-8(2)11-13-12(15-14-11)10-6-4-5-9(3)7-10/h4-8H,1-3H3,(H,13,14,15). The van der Waals surface area contributed by atoms with Gasteiger partial charge in [-0.25, -0.2) is 4.98 Å². The first-order valence-electron chi connectivity index (χ1n) is 5.16. The van der Waals surface area contributed by atoms with Crippen LogP contribution in [0.1, 0.15) is 31.2 Å². The Morgan fingerprint density at radius 3 is 2.67 bits per heavy atom. The number of nitrogens with one attached hydrogen (secondary N) is 1. The normalized spacial score (nSPS) is 10.9. The van der Waals surface area contributed by atoms with Gasteiger partial charge in [0, 0.05) is 11.5 Å². The average Bonchev–Trinajstić information content (AvgIpc) is 2.66. The van der Waals surface area contributed by atoms with Gasteiger partial charge in [-0.05, 0) is 13.0 Å². The summed E-state index contributed by atoms with van der Waals surface area (Å²) in [5, 5.41) is 7.17. The Bertz CT molecular complexity index is 457. The fourth-order valence-corrected chi connectivity index (χ4v) is 1.45. The van der Waals surface area contributed by atoms with E-state index in [4.69, 9.17) is 0 Å². The van der Waals surface area contributed by atoms with Crippen LogP contribution in [0, 0.1) is 6.92 Å². The lowest BCUT2D eigenvalue weighted by molar-refractivity contribution is 0.781. The number of aromatic amines is 1. The molecule has 0 aliphatic rings. The average molecular weight is 201 g/mol. The summed E-state index contributed by atoms with van der Waals surface area (Å²) in [4.78, 5) is 4.45. The van der Waals surface area contributed by atoms with E-state index in [1.807, 2.05) is 12.1 Å². The summed E-state index contributed by atoms with van der Waals surface area (Å²) in [6, 6.07) is 8.21. The molecule has 0 aliphatic carbocycles. The molecule has 0 saturated heterocycles. The summed E-state index contributed by atoms with van der Waals surface area (Å²) in [5.74, 6) is 2.10. The molecule has 0 amide bonds. The summed E-state index contributed by atoms with van der Waals surface area (Å²) >= 11 is 0. The highest BCUT2D eigenvalue weighted by Crippen LogP contribution is 2.18. The first-order valence-corrected chi connectivity index (χ1v) is 5.16. The molecule has 1 aromatic carbocycles. The van der Waals surface area contributed by atoms with E-state index in [0.717, 1.165) is 17.2 Å². The van der Waals surface area contributed by atoms with Crippen molar-refractivity contribution in [2.24, 2.45) is 0 Å². The molecule has 0 aliphatic heterocycles. The first kappa shape index (κ1) is 9.90. The number of nitrogens with zero attached hydrogens (tertiary/aromatic N) is 2. The van der Waals surface area contributed by atoms with Crippen LogP contribution in [0.2, 0.25) is 0 Å². The van der Waals surface area contributed by atoms with Gasteiger partial charge in [-0.2, -0.15) is 5.10 Å². The van der Waals surface area contributed by atoms with E-state index in [-0.39, 0.29) is 0 Å². The number of H-pyrrole nitrogens is 1. The fourth-order valence-electron chi connectivity index (χ4n) is 1.45. The van der Waals surface area contributed by atoms with Gasteiger partial charge in [0.25, 0.3) is 0 Å². The molecule has 0 bridgehead atoms. The smallest absolute Gasteiger partial charge is 0.181 e. The molecule has 3 nitrogen and oxygen atoms in total. The predicted molar refractivity (Wildman–Crippen MR) is 60.6 cm³/mol. The first-order chi connectivity index (χ1) is 7.16. The molecule has 15 heavy (non-hydrogen) atoms. The molecule has 3 heteroatoms. The summed E-state index contributed by atoms with van der Waals surface area (Å²) in [5.41, 5.74) is 2.29. The van der Waals surface area contributed by atoms with Crippen LogP contribution in [0.3, 0.4) is 0 Å². The molecule has 1 N–H and O–H groups in total. The van der Waals surface area contributed by atoms with E-state index < -0.39 is 0 Å². The molecule has 0 radical (unpaired) electrons. The topological polar surface area (TPSA) is 41.6 Å². The van der Waals surface area contributed by atoms with Crippen LogP contribution in [0.5, 0.6) is 0 Å². The summed E-state index contributed by atoms with van der Waals surface area (Å²) < 4.78 is 0. The summed E-state index contributed by atoms with van der Waals surface area (Å²) in [6.07, 6.45) is 0. The largest absolute Gasteiger partial charge is 0.262 e. The zero-order chi connectivity index (χ0) is 10.8. The Kier molecular flexibility index (Phi) is 2.54. The number of benzene rings is 1. The van der Waals surface area contributed by atoms with Crippen LogP contribution in [-0.4, -0.2) is 15.2 Å². The lowest BCUT2D eigenvalue weighted by Gasteiger charge is -1.97. The molecule has 2 aromatic rings. The zero-order valence-corrected chi connectivity index (χ0v) is 9.28. The maximum absolute atomic E-state index is 4.45. The van der Waals surface area contributed by atoms with E-state index >= 15 is 0 Å². The van der Waals surface area contributed by atoms with Crippen molar-refractivity contribution in [3.05, 3.63) is 35.7 Å². The van der Waals surface area contributed by atoms with Gasteiger partial charge in [-0.3, -0.25) is 5.10 Å². The number of hydrogen-bond acceptors (Lipinski definition) is 2. The minimum absolute atomic E-state index is 0.385. The second kappa shape index (κ2) is 3.85. The molecule has 1 aromatic heterocycles. The highest BCUT2D eigenvalue weighted by Gasteiger charge is 2.07. The molecular weight excluding hydrogens is 186 g/mol. The van der Waals surface area contributed by atoms with Crippen molar-refractivity contribution in [1.29, 1.82) is 0 Å². The monoisotopic (exact) mass is 201 g/mol. The quantitative estimate of drug-likeness (QED) is 0.811. The third-order valence-corrected chi connectivity index (χ3v) is 2.33. The minimum Gasteiger partial charge on any atom is -0.262 e. The van der Waals surface area contributed by atoms with Crippen LogP contribution in [0.25, 0.3) is 11.4 Å². The van der Waals surface area contributed by atoms with E-state index in [2.05, 4.69) is 48.1 Å². The zero-order valence-electron chi connectivity index (χ0n) is 9.28. The van der Waals surface area contributed by atoms with Gasteiger partial charge < -0.3 is 0 Å². The van der Waals surface area contributed by atoms with Crippen molar-refractivity contribution in [1.82, 2.24) is 15.2 Å². The Hall–Kier alpha value is -1.64. The molecule has 0 fully saturated rings. The molecular formula is C12H15N3. The van der Waals surface area contributed by atoms with Crippen LogP contribution in [-0.2, 0) is 0 Å². The van der Waals surface area contributed by atoms with Crippen LogP contribution < -0.4 is 0 Å². The lowest BCUT2D eigenvalue weighted by Crippen LogP contribution is -1.89. The van der Waals surface area contributed by atoms with Gasteiger partial charge in [0.2, 0.25) is 0 Å². The molecule has 0 saturated carbocycles. The van der Waals surface area contributed by atoms with Crippen molar-refractivity contribution >= 4 is 0 Å². The predicted octanol–water partition coefficient (Wildman–Crippen LogP) is 2.90. The van der Waals surface area contributed by atoms with Crippen LogP contribution >= 0.6 is 0 Å². The van der Waals surface area contributed by atoms with Gasteiger partial charge in [-0.1, -0.05) is 37.6 Å². The van der Waals surface area contributed by atoms with Crippen molar-refractivity contribution in [2.75, 3.05) is 0 Å². The second-order valence-corrected chi connectivity index (χ2v) is 4.07. The summed E-state index contributed by atoms with van der Waals surface area (Å²) in [7, 11) is 0. The van der Waals surface area contributed by atoms with Crippen molar-refractivity contribution in [3.8, 4) is 11.4 Å². The molecule has 0 atom stereocenters. The van der Waals surface area contributed by atoms with Gasteiger partial charge in [0.15, 0.2) is 5.82 Å². The van der Waals surface area contributed by atoms with E-state index in [1.165, 1.54) is 5.56 Å². The maximum atomic E-state index is 4.45. The van der Waals surface area contributed by atoms with Gasteiger partial charge in [0.05, 0.1) is 0 Å². The molecule has 2 rings (SSSR count).